The third-order valence-corrected chi connectivity index (χ3v) is 3.58. The van der Waals surface area contributed by atoms with Gasteiger partial charge in [-0.25, -0.2) is 4.98 Å². The zero-order valence-corrected chi connectivity index (χ0v) is 10.7. The second-order valence-corrected chi connectivity index (χ2v) is 4.90. The molecule has 6 heteroatoms. The molecule has 0 aliphatic carbocycles. The monoisotopic (exact) mass is 262 g/mol. The highest BCUT2D eigenvalue weighted by molar-refractivity contribution is 7.16. The van der Waals surface area contributed by atoms with Gasteiger partial charge in [0.25, 0.3) is 0 Å². The molecule has 0 atom stereocenters. The zero-order valence-electron chi connectivity index (χ0n) is 9.84. The summed E-state index contributed by atoms with van der Waals surface area (Å²) in [5, 5.41) is 10.6. The molecular weight excluding hydrogens is 252 g/mol. The van der Waals surface area contributed by atoms with Crippen LogP contribution in [0.1, 0.15) is 26.5 Å². The fourth-order valence-electron chi connectivity index (χ4n) is 1.46. The smallest absolute Gasteiger partial charge is 0.286 e. The summed E-state index contributed by atoms with van der Waals surface area (Å²) >= 11 is 0.794. The van der Waals surface area contributed by atoms with Crippen molar-refractivity contribution in [1.29, 1.82) is 0 Å². The molecule has 1 heterocycles. The molecule has 0 spiro atoms. The molecule has 2 aromatic rings. The van der Waals surface area contributed by atoms with Crippen LogP contribution in [0.25, 0.3) is 0 Å². The highest BCUT2D eigenvalue weighted by Crippen LogP contribution is 2.23. The second kappa shape index (κ2) is 4.66. The standard InChI is InChI=1S/C12H10N2O3S/c1-7-3-4-9(5-8(7)2)11(15)12-13-6-10(18-12)14(16)17/h3-6H,1-2H3. The van der Waals surface area contributed by atoms with Gasteiger partial charge in [-0.1, -0.05) is 12.1 Å². The topological polar surface area (TPSA) is 73.1 Å². The first-order chi connectivity index (χ1) is 8.49. The van der Waals surface area contributed by atoms with E-state index in [1.54, 1.807) is 12.1 Å². The number of benzene rings is 1. The van der Waals surface area contributed by atoms with E-state index >= 15 is 0 Å². The summed E-state index contributed by atoms with van der Waals surface area (Å²) in [4.78, 5) is 25.9. The van der Waals surface area contributed by atoms with E-state index in [1.165, 1.54) is 0 Å². The third kappa shape index (κ3) is 2.28. The minimum atomic E-state index is -0.547. The summed E-state index contributed by atoms with van der Waals surface area (Å²) in [6.07, 6.45) is 1.11. The minimum Gasteiger partial charge on any atom is -0.286 e. The fourth-order valence-corrected chi connectivity index (χ4v) is 2.16. The Morgan fingerprint density at radius 2 is 2.06 bits per heavy atom. The Hall–Kier alpha value is -2.08. The molecule has 0 bridgehead atoms. The van der Waals surface area contributed by atoms with Crippen molar-refractivity contribution in [2.45, 2.75) is 13.8 Å². The SMILES string of the molecule is Cc1ccc(C(=O)c2ncc([N+](=O)[O-])s2)cc1C. The lowest BCUT2D eigenvalue weighted by Crippen LogP contribution is -2.01. The van der Waals surface area contributed by atoms with Crippen LogP contribution in [0.15, 0.2) is 24.4 Å². The number of nitrogens with zero attached hydrogens (tertiary/aromatic N) is 2. The van der Waals surface area contributed by atoms with Gasteiger partial charge in [0.05, 0.1) is 4.92 Å². The van der Waals surface area contributed by atoms with Gasteiger partial charge in [0, 0.05) is 5.56 Å². The van der Waals surface area contributed by atoms with Crippen LogP contribution in [0.5, 0.6) is 0 Å². The maximum absolute atomic E-state index is 12.1. The van der Waals surface area contributed by atoms with E-state index in [9.17, 15) is 14.9 Å². The molecule has 0 radical (unpaired) electrons. The molecular formula is C12H10N2O3S. The van der Waals surface area contributed by atoms with Gasteiger partial charge in [-0.3, -0.25) is 14.9 Å². The molecule has 1 aromatic carbocycles. The third-order valence-electron chi connectivity index (χ3n) is 2.64. The molecule has 0 fully saturated rings. The molecule has 2 rings (SSSR count). The molecule has 0 saturated carbocycles. The number of hydrogen-bond acceptors (Lipinski definition) is 5. The van der Waals surface area contributed by atoms with Crippen molar-refractivity contribution in [1.82, 2.24) is 4.98 Å². The first-order valence-corrected chi connectivity index (χ1v) is 6.03. The Morgan fingerprint density at radius 3 is 2.61 bits per heavy atom. The quantitative estimate of drug-likeness (QED) is 0.484. The minimum absolute atomic E-state index is 0.123. The average molecular weight is 262 g/mol. The lowest BCUT2D eigenvalue weighted by Gasteiger charge is -2.02. The van der Waals surface area contributed by atoms with E-state index in [4.69, 9.17) is 0 Å². The fraction of sp³-hybridized carbons (Fsp3) is 0.167. The molecule has 0 N–H and O–H groups in total. The molecule has 1 aromatic heterocycles. The number of carbonyl (C=O) groups excluding carboxylic acids is 1. The number of nitro groups is 1. The molecule has 0 aliphatic heterocycles. The van der Waals surface area contributed by atoms with Crippen molar-refractivity contribution in [2.24, 2.45) is 0 Å². The number of rotatable bonds is 3. The molecule has 92 valence electrons. The van der Waals surface area contributed by atoms with E-state index in [1.807, 2.05) is 19.9 Å². The van der Waals surface area contributed by atoms with E-state index in [0.29, 0.717) is 5.56 Å². The van der Waals surface area contributed by atoms with E-state index < -0.39 is 4.92 Å². The summed E-state index contributed by atoms with van der Waals surface area (Å²) in [5.74, 6) is -0.281. The highest BCUT2D eigenvalue weighted by Gasteiger charge is 2.18. The van der Waals surface area contributed by atoms with Crippen LogP contribution in [0.4, 0.5) is 5.00 Å². The van der Waals surface area contributed by atoms with Crippen LogP contribution < -0.4 is 0 Å². The predicted molar refractivity (Wildman–Crippen MR) is 68.1 cm³/mol. The summed E-state index contributed by atoms with van der Waals surface area (Å²) in [7, 11) is 0. The molecule has 18 heavy (non-hydrogen) atoms. The van der Waals surface area contributed by atoms with Crippen LogP contribution in [0, 0.1) is 24.0 Å². The molecule has 0 amide bonds. The van der Waals surface area contributed by atoms with Crippen molar-refractivity contribution in [2.75, 3.05) is 0 Å². The number of thiazole rings is 1. The van der Waals surface area contributed by atoms with Crippen molar-refractivity contribution in [3.8, 4) is 0 Å². The van der Waals surface area contributed by atoms with Gasteiger partial charge in [0.1, 0.15) is 6.20 Å². The van der Waals surface area contributed by atoms with Gasteiger partial charge in [-0.05, 0) is 42.4 Å². The number of ketones is 1. The first kappa shape index (κ1) is 12.4. The molecule has 0 aliphatic rings. The van der Waals surface area contributed by atoms with Gasteiger partial charge >= 0.3 is 5.00 Å². The summed E-state index contributed by atoms with van der Waals surface area (Å²) in [6, 6.07) is 5.33. The largest absolute Gasteiger partial charge is 0.344 e. The Labute approximate surface area is 107 Å². The Bertz CT molecular complexity index is 634. The van der Waals surface area contributed by atoms with E-state index in [2.05, 4.69) is 4.98 Å². The number of carbonyl (C=O) groups is 1. The van der Waals surface area contributed by atoms with Gasteiger partial charge < -0.3 is 0 Å². The van der Waals surface area contributed by atoms with Gasteiger partial charge in [-0.2, -0.15) is 0 Å². The normalized spacial score (nSPS) is 10.3. The maximum Gasteiger partial charge on any atom is 0.344 e. The molecule has 0 saturated heterocycles. The van der Waals surface area contributed by atoms with Gasteiger partial charge in [0.2, 0.25) is 5.78 Å². The Balaban J connectivity index is 2.35. The molecule has 0 unspecified atom stereocenters. The average Bonchev–Trinajstić information content (AvgIpc) is 2.81. The van der Waals surface area contributed by atoms with Gasteiger partial charge in [-0.15, -0.1) is 0 Å². The van der Waals surface area contributed by atoms with E-state index in [0.717, 1.165) is 28.7 Å². The number of aryl methyl sites for hydroxylation is 2. The van der Waals surface area contributed by atoms with Crippen molar-refractivity contribution >= 4 is 22.1 Å². The van der Waals surface area contributed by atoms with Crippen molar-refractivity contribution in [3.05, 3.63) is 56.2 Å². The van der Waals surface area contributed by atoms with E-state index in [-0.39, 0.29) is 15.8 Å². The maximum atomic E-state index is 12.1. The van der Waals surface area contributed by atoms with Gasteiger partial charge in [0.15, 0.2) is 5.01 Å². The predicted octanol–water partition coefficient (Wildman–Crippen LogP) is 2.90. The van der Waals surface area contributed by atoms with Crippen LogP contribution >= 0.6 is 11.3 Å². The van der Waals surface area contributed by atoms with Crippen LogP contribution in [-0.4, -0.2) is 15.7 Å². The molecule has 5 nitrogen and oxygen atoms in total. The highest BCUT2D eigenvalue weighted by atomic mass is 32.1. The zero-order chi connectivity index (χ0) is 13.3. The lowest BCUT2D eigenvalue weighted by atomic mass is 10.0. The Morgan fingerprint density at radius 1 is 1.33 bits per heavy atom. The lowest BCUT2D eigenvalue weighted by molar-refractivity contribution is -0.380. The van der Waals surface area contributed by atoms with Crippen LogP contribution in [0.2, 0.25) is 0 Å². The first-order valence-electron chi connectivity index (χ1n) is 5.21. The number of hydrogen-bond donors (Lipinski definition) is 0. The van der Waals surface area contributed by atoms with Crippen molar-refractivity contribution < 1.29 is 9.72 Å². The van der Waals surface area contributed by atoms with Crippen molar-refractivity contribution in [3.63, 3.8) is 0 Å². The summed E-state index contributed by atoms with van der Waals surface area (Å²) in [6.45, 7) is 3.87. The van der Waals surface area contributed by atoms with Crippen LogP contribution in [0.3, 0.4) is 0 Å². The summed E-state index contributed by atoms with van der Waals surface area (Å²) < 4.78 is 0. The Kier molecular flexibility index (Phi) is 3.20. The summed E-state index contributed by atoms with van der Waals surface area (Å²) in [5.41, 5.74) is 2.60. The van der Waals surface area contributed by atoms with Crippen LogP contribution in [-0.2, 0) is 0 Å². The second-order valence-electron chi connectivity index (χ2n) is 3.89. The number of aromatic nitrogens is 1.